The molecule has 3 rings (SSSR count). The number of rotatable bonds is 10. The standard InChI is InChI=1S/C19H21N3O4S2/c23-18(24)13-22-17-10-5-4-9-16(17)21-19(22)27-12-6-11-20-28(25,26)14-15-7-2-1-3-8-15/h1-5,7-10,20H,6,11-14H2,(H,23,24). The van der Waals surface area contributed by atoms with Gasteiger partial charge in [0.15, 0.2) is 5.16 Å². The van der Waals surface area contributed by atoms with Crippen molar-refractivity contribution in [2.45, 2.75) is 23.9 Å². The molecule has 0 aliphatic carbocycles. The van der Waals surface area contributed by atoms with Crippen molar-refractivity contribution in [3.63, 3.8) is 0 Å². The molecule has 0 radical (unpaired) electrons. The Morgan fingerprint density at radius 1 is 1.11 bits per heavy atom. The van der Waals surface area contributed by atoms with Gasteiger partial charge in [0.2, 0.25) is 10.0 Å². The fourth-order valence-corrected chi connectivity index (χ4v) is 4.90. The summed E-state index contributed by atoms with van der Waals surface area (Å²) >= 11 is 1.42. The predicted molar refractivity (Wildman–Crippen MR) is 110 cm³/mol. The average molecular weight is 420 g/mol. The van der Waals surface area contributed by atoms with Crippen LogP contribution >= 0.6 is 11.8 Å². The minimum Gasteiger partial charge on any atom is -0.480 e. The van der Waals surface area contributed by atoms with Crippen LogP contribution in [-0.4, -0.2) is 41.3 Å². The van der Waals surface area contributed by atoms with Crippen LogP contribution in [0.25, 0.3) is 11.0 Å². The third kappa shape index (κ3) is 5.57. The number of nitrogens with one attached hydrogen (secondary N) is 1. The summed E-state index contributed by atoms with van der Waals surface area (Å²) in [4.78, 5) is 15.7. The Morgan fingerprint density at radius 3 is 2.57 bits per heavy atom. The van der Waals surface area contributed by atoms with Crippen molar-refractivity contribution in [1.29, 1.82) is 0 Å². The van der Waals surface area contributed by atoms with Gasteiger partial charge in [0.05, 0.1) is 16.8 Å². The Morgan fingerprint density at radius 2 is 1.82 bits per heavy atom. The zero-order valence-corrected chi connectivity index (χ0v) is 16.7. The average Bonchev–Trinajstić information content (AvgIpc) is 2.99. The van der Waals surface area contributed by atoms with E-state index in [0.29, 0.717) is 23.9 Å². The smallest absolute Gasteiger partial charge is 0.323 e. The van der Waals surface area contributed by atoms with Crippen molar-refractivity contribution >= 4 is 38.8 Å². The van der Waals surface area contributed by atoms with E-state index >= 15 is 0 Å². The normalized spacial score (nSPS) is 11.7. The monoisotopic (exact) mass is 419 g/mol. The van der Waals surface area contributed by atoms with Crippen molar-refractivity contribution in [2.24, 2.45) is 0 Å². The highest BCUT2D eigenvalue weighted by Gasteiger charge is 2.14. The summed E-state index contributed by atoms with van der Waals surface area (Å²) in [6.45, 7) is 0.161. The molecular formula is C19H21N3O4S2. The topological polar surface area (TPSA) is 101 Å². The number of sulfonamides is 1. The van der Waals surface area contributed by atoms with Crippen LogP contribution in [0.5, 0.6) is 0 Å². The summed E-state index contributed by atoms with van der Waals surface area (Å²) in [5, 5.41) is 9.78. The number of para-hydroxylation sites is 2. The Hall–Kier alpha value is -2.36. The summed E-state index contributed by atoms with van der Waals surface area (Å²) < 4.78 is 28.5. The fraction of sp³-hybridized carbons (Fsp3) is 0.263. The lowest BCUT2D eigenvalue weighted by Gasteiger charge is -2.08. The van der Waals surface area contributed by atoms with Gasteiger partial charge in [-0.2, -0.15) is 0 Å². The van der Waals surface area contributed by atoms with E-state index in [-0.39, 0.29) is 12.3 Å². The molecule has 0 saturated heterocycles. The molecule has 0 aliphatic rings. The zero-order valence-electron chi connectivity index (χ0n) is 15.1. The summed E-state index contributed by atoms with van der Waals surface area (Å²) in [5.41, 5.74) is 2.26. The first-order valence-electron chi connectivity index (χ1n) is 8.76. The van der Waals surface area contributed by atoms with Crippen LogP contribution in [0.2, 0.25) is 0 Å². The van der Waals surface area contributed by atoms with E-state index in [1.165, 1.54) is 11.8 Å². The molecule has 0 fully saturated rings. The Kier molecular flexibility index (Phi) is 6.71. The first-order chi connectivity index (χ1) is 13.4. The molecule has 3 aromatic rings. The molecule has 1 aromatic heterocycles. The van der Waals surface area contributed by atoms with Gasteiger partial charge in [-0.3, -0.25) is 4.79 Å². The fourth-order valence-electron chi connectivity index (χ4n) is 2.76. The van der Waals surface area contributed by atoms with Crippen LogP contribution in [0.4, 0.5) is 0 Å². The van der Waals surface area contributed by atoms with Gasteiger partial charge in [-0.1, -0.05) is 54.2 Å². The number of hydrogen-bond donors (Lipinski definition) is 2. The highest BCUT2D eigenvalue weighted by atomic mass is 32.2. The number of nitrogens with zero attached hydrogens (tertiary/aromatic N) is 2. The van der Waals surface area contributed by atoms with Crippen LogP contribution in [-0.2, 0) is 27.1 Å². The Bertz CT molecular complexity index is 1050. The quantitative estimate of drug-likeness (QED) is 0.387. The van der Waals surface area contributed by atoms with E-state index in [4.69, 9.17) is 5.11 Å². The third-order valence-corrected chi connectivity index (χ3v) is 6.41. The SMILES string of the molecule is O=C(O)Cn1c(SCCCNS(=O)(=O)Cc2ccccc2)nc2ccccc21. The summed E-state index contributed by atoms with van der Waals surface area (Å²) in [5.74, 6) is -0.356. The number of benzene rings is 2. The number of thioether (sulfide) groups is 1. The minimum absolute atomic E-state index is 0.0462. The van der Waals surface area contributed by atoms with Gasteiger partial charge in [-0.25, -0.2) is 18.1 Å². The molecular weight excluding hydrogens is 398 g/mol. The van der Waals surface area contributed by atoms with E-state index < -0.39 is 16.0 Å². The molecule has 0 bridgehead atoms. The molecule has 0 spiro atoms. The maximum absolute atomic E-state index is 12.1. The molecule has 7 nitrogen and oxygen atoms in total. The van der Waals surface area contributed by atoms with Crippen LogP contribution in [0.3, 0.4) is 0 Å². The molecule has 0 saturated carbocycles. The molecule has 148 valence electrons. The molecule has 2 aromatic carbocycles. The Labute approximate surface area is 167 Å². The largest absolute Gasteiger partial charge is 0.480 e. The second-order valence-electron chi connectivity index (χ2n) is 6.20. The number of fused-ring (bicyclic) bond motifs is 1. The van der Waals surface area contributed by atoms with Crippen molar-refractivity contribution in [3.05, 3.63) is 60.2 Å². The van der Waals surface area contributed by atoms with E-state index in [1.54, 1.807) is 16.7 Å². The molecule has 0 amide bonds. The highest BCUT2D eigenvalue weighted by molar-refractivity contribution is 7.99. The van der Waals surface area contributed by atoms with E-state index in [1.807, 2.05) is 42.5 Å². The molecule has 9 heteroatoms. The van der Waals surface area contributed by atoms with Gasteiger partial charge in [-0.15, -0.1) is 0 Å². The summed E-state index contributed by atoms with van der Waals surface area (Å²) in [6.07, 6.45) is 0.606. The van der Waals surface area contributed by atoms with Gasteiger partial charge < -0.3 is 9.67 Å². The lowest BCUT2D eigenvalue weighted by molar-refractivity contribution is -0.137. The van der Waals surface area contributed by atoms with Crippen molar-refractivity contribution in [1.82, 2.24) is 14.3 Å². The first-order valence-corrected chi connectivity index (χ1v) is 11.4. The predicted octanol–water partition coefficient (Wildman–Crippen LogP) is 2.72. The van der Waals surface area contributed by atoms with Crippen LogP contribution in [0, 0.1) is 0 Å². The lowest BCUT2D eigenvalue weighted by Crippen LogP contribution is -2.26. The van der Waals surface area contributed by atoms with Crippen molar-refractivity contribution in [3.8, 4) is 0 Å². The Balaban J connectivity index is 1.53. The molecule has 0 aliphatic heterocycles. The number of aromatic nitrogens is 2. The van der Waals surface area contributed by atoms with Gasteiger partial charge >= 0.3 is 5.97 Å². The number of hydrogen-bond acceptors (Lipinski definition) is 5. The van der Waals surface area contributed by atoms with Gasteiger partial charge in [0, 0.05) is 12.3 Å². The summed E-state index contributed by atoms with van der Waals surface area (Å²) in [7, 11) is -3.38. The first kappa shape index (κ1) is 20.4. The minimum atomic E-state index is -3.38. The number of carbonyl (C=O) groups is 1. The van der Waals surface area contributed by atoms with E-state index in [2.05, 4.69) is 9.71 Å². The zero-order chi connectivity index (χ0) is 20.0. The van der Waals surface area contributed by atoms with Crippen molar-refractivity contribution < 1.29 is 18.3 Å². The third-order valence-electron chi connectivity index (χ3n) is 3.99. The van der Waals surface area contributed by atoms with Crippen LogP contribution in [0.15, 0.2) is 59.8 Å². The maximum atomic E-state index is 12.1. The van der Waals surface area contributed by atoms with E-state index in [9.17, 15) is 13.2 Å². The highest BCUT2D eigenvalue weighted by Crippen LogP contribution is 2.24. The molecule has 0 atom stereocenters. The maximum Gasteiger partial charge on any atom is 0.323 e. The van der Waals surface area contributed by atoms with Gasteiger partial charge in [0.1, 0.15) is 6.54 Å². The summed E-state index contributed by atoms with van der Waals surface area (Å²) in [6, 6.07) is 16.4. The number of imidazole rings is 1. The number of carboxylic acids is 1. The van der Waals surface area contributed by atoms with Crippen molar-refractivity contribution in [2.75, 3.05) is 12.3 Å². The van der Waals surface area contributed by atoms with Gasteiger partial charge in [0.25, 0.3) is 0 Å². The van der Waals surface area contributed by atoms with Crippen LogP contribution in [0.1, 0.15) is 12.0 Å². The second kappa shape index (κ2) is 9.22. The lowest BCUT2D eigenvalue weighted by atomic mass is 10.2. The number of carboxylic acid groups (broad SMARTS) is 1. The molecule has 1 heterocycles. The second-order valence-corrected chi connectivity index (χ2v) is 9.07. The van der Waals surface area contributed by atoms with Gasteiger partial charge in [-0.05, 0) is 24.1 Å². The number of aliphatic carboxylic acids is 1. The molecule has 28 heavy (non-hydrogen) atoms. The van der Waals surface area contributed by atoms with E-state index in [0.717, 1.165) is 16.6 Å². The molecule has 0 unspecified atom stereocenters. The van der Waals surface area contributed by atoms with Crippen LogP contribution < -0.4 is 4.72 Å². The molecule has 2 N–H and O–H groups in total.